The van der Waals surface area contributed by atoms with Gasteiger partial charge < -0.3 is 14.6 Å². The smallest absolute Gasteiger partial charge is 0.308 e. The molecule has 0 unspecified atom stereocenters. The number of hydrogen-bond acceptors (Lipinski definition) is 4. The molecule has 0 aromatic heterocycles. The molecule has 0 radical (unpaired) electrons. The van der Waals surface area contributed by atoms with E-state index in [4.69, 9.17) is 4.74 Å². The van der Waals surface area contributed by atoms with Gasteiger partial charge in [-0.2, -0.15) is 0 Å². The van der Waals surface area contributed by atoms with Crippen LogP contribution in [-0.4, -0.2) is 11.9 Å². The lowest BCUT2D eigenvalue weighted by molar-refractivity contribution is -0.255. The summed E-state index contributed by atoms with van der Waals surface area (Å²) in [5.41, 5.74) is 1.25. The highest BCUT2D eigenvalue weighted by Gasteiger charge is 2.26. The molecule has 0 heterocycles. The Kier molecular flexibility index (Phi) is 4.31. The number of hydrogen-bond donors (Lipinski definition) is 0. The highest BCUT2D eigenvalue weighted by atomic mass is 16.5. The maximum atomic E-state index is 11.3. The normalized spacial score (nSPS) is 11.0. The van der Waals surface area contributed by atoms with Gasteiger partial charge in [-0.3, -0.25) is 4.79 Å². The number of carbonyl (C=O) groups excluding carboxylic acids is 2. The summed E-state index contributed by atoms with van der Waals surface area (Å²) < 4.78 is 5.01. The van der Waals surface area contributed by atoms with E-state index in [1.165, 1.54) is 6.92 Å². The number of benzene rings is 2. The first-order valence-electron chi connectivity index (χ1n) is 6.92. The van der Waals surface area contributed by atoms with E-state index in [0.29, 0.717) is 11.3 Å². The minimum atomic E-state index is -1.19. The number of ether oxygens (including phenoxy) is 1. The quantitative estimate of drug-likeness (QED) is 0.641. The Morgan fingerprint density at radius 3 is 2.14 bits per heavy atom. The van der Waals surface area contributed by atoms with Gasteiger partial charge in [0.1, 0.15) is 5.75 Å². The van der Waals surface area contributed by atoms with Crippen LogP contribution in [0.3, 0.4) is 0 Å². The average Bonchev–Trinajstić information content (AvgIpc) is 2.47. The summed E-state index contributed by atoms with van der Waals surface area (Å²) in [5, 5.41) is 11.3. The van der Waals surface area contributed by atoms with E-state index in [9.17, 15) is 14.7 Å². The van der Waals surface area contributed by atoms with Crippen molar-refractivity contribution in [2.24, 2.45) is 0 Å². The third-order valence-electron chi connectivity index (χ3n) is 3.66. The van der Waals surface area contributed by atoms with Crippen molar-refractivity contribution in [3.63, 3.8) is 0 Å². The Bertz CT molecular complexity index is 699. The lowest BCUT2D eigenvalue weighted by Crippen LogP contribution is -2.29. The molecule has 0 fully saturated rings. The van der Waals surface area contributed by atoms with E-state index in [1.54, 1.807) is 36.4 Å². The molecule has 4 nitrogen and oxygen atoms in total. The van der Waals surface area contributed by atoms with Crippen LogP contribution >= 0.6 is 0 Å². The Balaban J connectivity index is 2.42. The molecule has 2 rings (SSSR count). The van der Waals surface area contributed by atoms with Gasteiger partial charge in [-0.15, -0.1) is 0 Å². The van der Waals surface area contributed by atoms with Crippen LogP contribution < -0.4 is 9.84 Å². The number of carbonyl (C=O) groups is 2. The molecule has 0 saturated heterocycles. The van der Waals surface area contributed by atoms with E-state index in [-0.39, 0.29) is 11.5 Å². The van der Waals surface area contributed by atoms with Gasteiger partial charge in [0.25, 0.3) is 0 Å². The van der Waals surface area contributed by atoms with Crippen molar-refractivity contribution in [1.29, 1.82) is 0 Å². The summed E-state index contributed by atoms with van der Waals surface area (Å²) in [6.45, 7) is 5.22. The lowest BCUT2D eigenvalue weighted by atomic mass is 9.76. The summed E-state index contributed by atoms with van der Waals surface area (Å²) in [5.74, 6) is -1.12. The van der Waals surface area contributed by atoms with Crippen molar-refractivity contribution in [2.75, 3.05) is 0 Å². The summed E-state index contributed by atoms with van der Waals surface area (Å²) in [6, 6.07) is 13.8. The first-order chi connectivity index (χ1) is 10.3. The molecular formula is C18H17O4-. The molecular weight excluding hydrogens is 280 g/mol. The number of esters is 1. The predicted molar refractivity (Wildman–Crippen MR) is 80.7 cm³/mol. The molecule has 2 aromatic rings. The minimum absolute atomic E-state index is 0.177. The van der Waals surface area contributed by atoms with Crippen LogP contribution in [0.25, 0.3) is 0 Å². The standard InChI is InChI=1S/C18H18O4/c1-12(19)22-14-10-8-13(9-11-14)18(2,3)16-7-5-4-6-15(16)17(20)21/h4-11H,1-3H3,(H,20,21)/p-1. The Labute approximate surface area is 129 Å². The molecule has 0 aliphatic rings. The first kappa shape index (κ1) is 15.8. The Morgan fingerprint density at radius 2 is 1.59 bits per heavy atom. The zero-order valence-corrected chi connectivity index (χ0v) is 12.8. The molecule has 0 atom stereocenters. The molecule has 0 aliphatic carbocycles. The van der Waals surface area contributed by atoms with E-state index in [0.717, 1.165) is 5.56 Å². The van der Waals surface area contributed by atoms with Crippen molar-refractivity contribution in [1.82, 2.24) is 0 Å². The zero-order chi connectivity index (χ0) is 16.3. The molecule has 0 amide bonds. The summed E-state index contributed by atoms with van der Waals surface area (Å²) in [6.07, 6.45) is 0. The molecule has 0 spiro atoms. The molecule has 0 aliphatic heterocycles. The lowest BCUT2D eigenvalue weighted by Gasteiger charge is -2.29. The van der Waals surface area contributed by atoms with E-state index >= 15 is 0 Å². The third kappa shape index (κ3) is 3.17. The number of rotatable bonds is 4. The van der Waals surface area contributed by atoms with Gasteiger partial charge in [0.05, 0.1) is 5.97 Å². The van der Waals surface area contributed by atoms with E-state index in [2.05, 4.69) is 0 Å². The molecule has 0 saturated carbocycles. The molecule has 4 heteroatoms. The molecule has 2 aromatic carbocycles. The van der Waals surface area contributed by atoms with Crippen molar-refractivity contribution in [3.8, 4) is 5.75 Å². The van der Waals surface area contributed by atoms with E-state index < -0.39 is 11.4 Å². The van der Waals surface area contributed by atoms with E-state index in [1.807, 2.05) is 26.0 Å². The topological polar surface area (TPSA) is 66.4 Å². The largest absolute Gasteiger partial charge is 0.545 e. The Hall–Kier alpha value is -2.62. The maximum absolute atomic E-state index is 11.3. The van der Waals surface area contributed by atoms with Crippen LogP contribution in [0.4, 0.5) is 0 Å². The monoisotopic (exact) mass is 297 g/mol. The summed E-state index contributed by atoms with van der Waals surface area (Å²) in [4.78, 5) is 22.2. The van der Waals surface area contributed by atoms with Crippen LogP contribution in [0.5, 0.6) is 5.75 Å². The highest BCUT2D eigenvalue weighted by molar-refractivity contribution is 5.88. The maximum Gasteiger partial charge on any atom is 0.308 e. The van der Waals surface area contributed by atoms with Gasteiger partial charge in [0, 0.05) is 17.9 Å². The fourth-order valence-corrected chi connectivity index (χ4v) is 2.47. The molecule has 0 bridgehead atoms. The third-order valence-corrected chi connectivity index (χ3v) is 3.66. The molecule has 0 N–H and O–H groups in total. The fourth-order valence-electron chi connectivity index (χ4n) is 2.47. The summed E-state index contributed by atoms with van der Waals surface area (Å²) >= 11 is 0. The van der Waals surface area contributed by atoms with Crippen LogP contribution in [0.1, 0.15) is 42.3 Å². The second-order valence-electron chi connectivity index (χ2n) is 5.58. The first-order valence-corrected chi connectivity index (χ1v) is 6.92. The van der Waals surface area contributed by atoms with Crippen molar-refractivity contribution >= 4 is 11.9 Å². The van der Waals surface area contributed by atoms with Gasteiger partial charge >= 0.3 is 5.97 Å². The van der Waals surface area contributed by atoms with Crippen LogP contribution in [0.2, 0.25) is 0 Å². The van der Waals surface area contributed by atoms with Gasteiger partial charge in [-0.1, -0.05) is 50.2 Å². The Morgan fingerprint density at radius 1 is 1.00 bits per heavy atom. The summed E-state index contributed by atoms with van der Waals surface area (Å²) in [7, 11) is 0. The van der Waals surface area contributed by atoms with Crippen molar-refractivity contribution in [3.05, 3.63) is 65.2 Å². The predicted octanol–water partition coefficient (Wildman–Crippen LogP) is 2.30. The SMILES string of the molecule is CC(=O)Oc1ccc(C(C)(C)c2ccccc2C(=O)[O-])cc1. The average molecular weight is 297 g/mol. The molecule has 22 heavy (non-hydrogen) atoms. The van der Waals surface area contributed by atoms with Gasteiger partial charge in [-0.05, 0) is 23.3 Å². The minimum Gasteiger partial charge on any atom is -0.545 e. The van der Waals surface area contributed by atoms with Gasteiger partial charge in [0.15, 0.2) is 0 Å². The van der Waals surface area contributed by atoms with Crippen LogP contribution in [-0.2, 0) is 10.2 Å². The van der Waals surface area contributed by atoms with Gasteiger partial charge in [0.2, 0.25) is 0 Å². The van der Waals surface area contributed by atoms with Crippen LogP contribution in [0, 0.1) is 0 Å². The number of aromatic carboxylic acids is 1. The fraction of sp³-hybridized carbons (Fsp3) is 0.222. The highest BCUT2D eigenvalue weighted by Crippen LogP contribution is 2.34. The van der Waals surface area contributed by atoms with Gasteiger partial charge in [-0.25, -0.2) is 0 Å². The van der Waals surface area contributed by atoms with Crippen molar-refractivity contribution in [2.45, 2.75) is 26.2 Å². The van der Waals surface area contributed by atoms with Crippen molar-refractivity contribution < 1.29 is 19.4 Å². The molecule has 114 valence electrons. The second-order valence-corrected chi connectivity index (χ2v) is 5.58. The van der Waals surface area contributed by atoms with Crippen LogP contribution in [0.15, 0.2) is 48.5 Å². The number of carboxylic acids is 1. The second kappa shape index (κ2) is 6.02. The zero-order valence-electron chi connectivity index (χ0n) is 12.8. The number of carboxylic acid groups (broad SMARTS) is 1.